The highest BCUT2D eigenvalue weighted by molar-refractivity contribution is 5.76. The summed E-state index contributed by atoms with van der Waals surface area (Å²) in [6.07, 6.45) is 2.97. The highest BCUT2D eigenvalue weighted by Gasteiger charge is 2.25. The topological polar surface area (TPSA) is 65.8 Å². The number of nitrogens with zero attached hydrogens (tertiary/aromatic N) is 3. The zero-order chi connectivity index (χ0) is 13.8. The molecule has 1 N–H and O–H groups in total. The van der Waals surface area contributed by atoms with Gasteiger partial charge in [-0.2, -0.15) is 0 Å². The van der Waals surface area contributed by atoms with E-state index in [9.17, 15) is 14.7 Å². The summed E-state index contributed by atoms with van der Waals surface area (Å²) in [6, 6.07) is 3.73. The van der Waals surface area contributed by atoms with E-state index in [1.165, 1.54) is 6.92 Å². The fourth-order valence-corrected chi connectivity index (χ4v) is 2.23. The Morgan fingerprint density at radius 2 is 1.74 bits per heavy atom. The lowest BCUT2D eigenvalue weighted by molar-refractivity contribution is -0.133. The van der Waals surface area contributed by atoms with Crippen molar-refractivity contribution in [3.05, 3.63) is 24.5 Å². The van der Waals surface area contributed by atoms with E-state index in [2.05, 4.69) is 0 Å². The van der Waals surface area contributed by atoms with Crippen LogP contribution in [0.3, 0.4) is 0 Å². The lowest BCUT2D eigenvalue weighted by atomic mass is 10.3. The van der Waals surface area contributed by atoms with Crippen LogP contribution >= 0.6 is 0 Å². The van der Waals surface area contributed by atoms with Crippen LogP contribution in [0.1, 0.15) is 6.92 Å². The van der Waals surface area contributed by atoms with Crippen molar-refractivity contribution < 1.29 is 14.7 Å². The molecule has 6 heteroatoms. The van der Waals surface area contributed by atoms with Crippen LogP contribution in [0, 0.1) is 0 Å². The minimum absolute atomic E-state index is 0.0411. The molecule has 1 unspecified atom stereocenters. The Kier molecular flexibility index (Phi) is 4.21. The normalized spacial score (nSPS) is 20.2. The van der Waals surface area contributed by atoms with Gasteiger partial charge in [0, 0.05) is 45.5 Å². The molecule has 1 aromatic heterocycles. The van der Waals surface area contributed by atoms with Crippen molar-refractivity contribution in [1.29, 1.82) is 0 Å². The summed E-state index contributed by atoms with van der Waals surface area (Å²) < 4.78 is 1.79. The molecule has 0 radical (unpaired) electrons. The van der Waals surface area contributed by atoms with Gasteiger partial charge in [-0.1, -0.05) is 0 Å². The molecule has 1 saturated heterocycles. The Morgan fingerprint density at radius 3 is 2.37 bits per heavy atom. The van der Waals surface area contributed by atoms with Crippen molar-refractivity contribution in [1.82, 2.24) is 14.4 Å². The van der Waals surface area contributed by atoms with Gasteiger partial charge in [-0.05, 0) is 12.1 Å². The zero-order valence-electron chi connectivity index (χ0n) is 11.0. The molecule has 1 aromatic rings. The second-order valence-corrected chi connectivity index (χ2v) is 4.81. The van der Waals surface area contributed by atoms with E-state index in [0.29, 0.717) is 19.6 Å². The van der Waals surface area contributed by atoms with Gasteiger partial charge in [0.25, 0.3) is 0 Å². The Labute approximate surface area is 112 Å². The first-order valence-corrected chi connectivity index (χ1v) is 6.38. The molecule has 1 fully saturated rings. The lowest BCUT2D eigenvalue weighted by Crippen LogP contribution is -2.39. The van der Waals surface area contributed by atoms with E-state index in [1.54, 1.807) is 14.4 Å². The zero-order valence-corrected chi connectivity index (χ0v) is 11.0. The van der Waals surface area contributed by atoms with E-state index < -0.39 is 6.10 Å². The number of hydrogen-bond donors (Lipinski definition) is 1. The molecule has 0 bridgehead atoms. The van der Waals surface area contributed by atoms with Crippen LogP contribution < -0.4 is 0 Å². The second kappa shape index (κ2) is 5.88. The number of β-amino-alcohol motifs (C(OH)–C–C–N with tert-alkyl or cyclic N) is 1. The Balaban J connectivity index is 1.96. The average Bonchev–Trinajstić information content (AvgIpc) is 2.76. The molecule has 0 saturated carbocycles. The predicted molar refractivity (Wildman–Crippen MR) is 69.3 cm³/mol. The van der Waals surface area contributed by atoms with Crippen molar-refractivity contribution >= 4 is 11.8 Å². The molecule has 104 valence electrons. The summed E-state index contributed by atoms with van der Waals surface area (Å²) in [4.78, 5) is 26.7. The predicted octanol–water partition coefficient (Wildman–Crippen LogP) is -0.460. The van der Waals surface area contributed by atoms with Gasteiger partial charge >= 0.3 is 0 Å². The molecule has 2 rings (SSSR count). The molecule has 2 heterocycles. The molecule has 1 atom stereocenters. The lowest BCUT2D eigenvalue weighted by Gasteiger charge is -2.21. The van der Waals surface area contributed by atoms with Gasteiger partial charge in [-0.25, -0.2) is 0 Å². The summed E-state index contributed by atoms with van der Waals surface area (Å²) >= 11 is 0. The van der Waals surface area contributed by atoms with Gasteiger partial charge < -0.3 is 19.5 Å². The van der Waals surface area contributed by atoms with Gasteiger partial charge in [-0.3, -0.25) is 9.59 Å². The molecule has 1 aliphatic rings. The van der Waals surface area contributed by atoms with Gasteiger partial charge in [0.05, 0.1) is 6.10 Å². The van der Waals surface area contributed by atoms with Crippen molar-refractivity contribution in [3.8, 4) is 0 Å². The maximum atomic E-state index is 12.1. The number of carbonyl (C=O) groups is 2. The molecular weight excluding hydrogens is 246 g/mol. The van der Waals surface area contributed by atoms with Crippen LogP contribution in [0.5, 0.6) is 0 Å². The van der Waals surface area contributed by atoms with Crippen molar-refractivity contribution in [3.63, 3.8) is 0 Å². The van der Waals surface area contributed by atoms with E-state index in [0.717, 1.165) is 0 Å². The minimum atomic E-state index is -0.681. The summed E-state index contributed by atoms with van der Waals surface area (Å²) in [7, 11) is 0. The van der Waals surface area contributed by atoms with Crippen LogP contribution in [0.25, 0.3) is 0 Å². The quantitative estimate of drug-likeness (QED) is 0.787. The Hall–Kier alpha value is -1.82. The van der Waals surface area contributed by atoms with Crippen LogP contribution in [-0.2, 0) is 16.1 Å². The maximum absolute atomic E-state index is 12.1. The van der Waals surface area contributed by atoms with E-state index in [4.69, 9.17) is 0 Å². The largest absolute Gasteiger partial charge is 0.389 e. The monoisotopic (exact) mass is 265 g/mol. The maximum Gasteiger partial charge on any atom is 0.242 e. The molecule has 19 heavy (non-hydrogen) atoms. The van der Waals surface area contributed by atoms with Crippen LogP contribution in [0.4, 0.5) is 0 Å². The minimum Gasteiger partial charge on any atom is -0.389 e. The third-order valence-corrected chi connectivity index (χ3v) is 3.28. The number of carbonyl (C=O) groups excluding carboxylic acids is 2. The van der Waals surface area contributed by atoms with Gasteiger partial charge in [0.2, 0.25) is 11.8 Å². The standard InChI is InChI=1S/C13H19N3O3/c1-11(17)15-6-7-16(9-12(18)8-15)13(19)10-14-4-2-3-5-14/h2-5,12,18H,6-10H2,1H3. The fraction of sp³-hybridized carbons (Fsp3) is 0.538. The number of aromatic nitrogens is 1. The smallest absolute Gasteiger partial charge is 0.242 e. The van der Waals surface area contributed by atoms with E-state index >= 15 is 0 Å². The molecule has 0 spiro atoms. The highest BCUT2D eigenvalue weighted by atomic mass is 16.3. The first kappa shape index (κ1) is 13.6. The fourth-order valence-electron chi connectivity index (χ4n) is 2.23. The number of hydrogen-bond acceptors (Lipinski definition) is 3. The van der Waals surface area contributed by atoms with E-state index in [1.807, 2.05) is 24.5 Å². The third kappa shape index (κ3) is 3.57. The van der Waals surface area contributed by atoms with Crippen molar-refractivity contribution in [2.45, 2.75) is 19.6 Å². The summed E-state index contributed by atoms with van der Waals surface area (Å²) in [6.45, 7) is 3.26. The Morgan fingerprint density at radius 1 is 1.16 bits per heavy atom. The van der Waals surface area contributed by atoms with Crippen molar-refractivity contribution in [2.75, 3.05) is 26.2 Å². The van der Waals surface area contributed by atoms with Gasteiger partial charge in [0.15, 0.2) is 0 Å². The highest BCUT2D eigenvalue weighted by Crippen LogP contribution is 2.06. The second-order valence-electron chi connectivity index (χ2n) is 4.81. The van der Waals surface area contributed by atoms with Crippen LogP contribution in [0.15, 0.2) is 24.5 Å². The summed E-state index contributed by atoms with van der Waals surface area (Å²) in [5.74, 6) is -0.112. The van der Waals surface area contributed by atoms with Crippen LogP contribution in [-0.4, -0.2) is 63.6 Å². The Bertz CT molecular complexity index is 444. The van der Waals surface area contributed by atoms with E-state index in [-0.39, 0.29) is 24.9 Å². The van der Waals surface area contributed by atoms with Gasteiger partial charge in [0.1, 0.15) is 6.54 Å². The van der Waals surface area contributed by atoms with Crippen molar-refractivity contribution in [2.24, 2.45) is 0 Å². The summed E-state index contributed by atoms with van der Waals surface area (Å²) in [5, 5.41) is 9.86. The molecule has 6 nitrogen and oxygen atoms in total. The molecule has 1 aliphatic heterocycles. The van der Waals surface area contributed by atoms with Crippen LogP contribution in [0.2, 0.25) is 0 Å². The summed E-state index contributed by atoms with van der Waals surface area (Å²) in [5.41, 5.74) is 0. The molecule has 0 aliphatic carbocycles. The molecule has 0 aromatic carbocycles. The third-order valence-electron chi connectivity index (χ3n) is 3.28. The average molecular weight is 265 g/mol. The molecule has 2 amide bonds. The number of amides is 2. The molecular formula is C13H19N3O3. The SMILES string of the molecule is CC(=O)N1CCN(C(=O)Cn2cccc2)CC(O)C1. The number of aliphatic hydroxyl groups excluding tert-OH is 1. The number of rotatable bonds is 2. The van der Waals surface area contributed by atoms with Gasteiger partial charge in [-0.15, -0.1) is 0 Å². The first-order valence-electron chi connectivity index (χ1n) is 6.38. The first-order chi connectivity index (χ1) is 9.06. The number of aliphatic hydroxyl groups is 1.